The van der Waals surface area contributed by atoms with Crippen LogP contribution in [0.25, 0.3) is 11.4 Å². The van der Waals surface area contributed by atoms with Crippen molar-refractivity contribution < 1.29 is 0 Å². The molecular formula is C20H25N7. The number of nitrogens with zero attached hydrogens (tertiary/aromatic N) is 5. The van der Waals surface area contributed by atoms with Gasteiger partial charge in [-0.2, -0.15) is 5.10 Å². The minimum atomic E-state index is 0.739. The molecule has 0 saturated heterocycles. The Kier molecular flexibility index (Phi) is 5.11. The standard InChI is InChI=1S/C20H25N7/c1-3-4-15-11-16(26-25-15)13-27(2)20-17-7-10-22-12-18(17)23-19(24-20)14-5-8-21-9-6-14/h5-6,8-9,11,22H,3-4,7,10,12-13H2,1-2H3,(H,25,26). The number of anilines is 1. The maximum Gasteiger partial charge on any atom is 0.161 e. The fourth-order valence-corrected chi connectivity index (χ4v) is 3.49. The van der Waals surface area contributed by atoms with Gasteiger partial charge in [0.05, 0.1) is 23.6 Å². The van der Waals surface area contributed by atoms with Crippen LogP contribution in [0, 0.1) is 0 Å². The van der Waals surface area contributed by atoms with Gasteiger partial charge in [-0.1, -0.05) is 13.3 Å². The van der Waals surface area contributed by atoms with Gasteiger partial charge in [0.25, 0.3) is 0 Å². The minimum absolute atomic E-state index is 0.739. The molecule has 0 unspecified atom stereocenters. The molecule has 0 fully saturated rings. The zero-order chi connectivity index (χ0) is 18.6. The maximum atomic E-state index is 4.92. The molecule has 4 heterocycles. The molecule has 3 aromatic heterocycles. The minimum Gasteiger partial charge on any atom is -0.353 e. The molecule has 27 heavy (non-hydrogen) atoms. The molecule has 1 aliphatic rings. The molecule has 1 aliphatic heterocycles. The van der Waals surface area contributed by atoms with Crippen molar-refractivity contribution in [2.24, 2.45) is 0 Å². The first-order valence-corrected chi connectivity index (χ1v) is 9.49. The van der Waals surface area contributed by atoms with Crippen LogP contribution in [0.1, 0.15) is 36.0 Å². The molecule has 4 rings (SSSR count). The Bertz CT molecular complexity index is 904. The van der Waals surface area contributed by atoms with Crippen LogP contribution in [0.15, 0.2) is 30.6 Å². The van der Waals surface area contributed by atoms with E-state index in [-0.39, 0.29) is 0 Å². The van der Waals surface area contributed by atoms with Crippen LogP contribution < -0.4 is 10.2 Å². The predicted octanol–water partition coefficient (Wildman–Crippen LogP) is 2.50. The van der Waals surface area contributed by atoms with Crippen LogP contribution in [0.3, 0.4) is 0 Å². The van der Waals surface area contributed by atoms with E-state index >= 15 is 0 Å². The zero-order valence-corrected chi connectivity index (χ0v) is 15.9. The topological polar surface area (TPSA) is 82.6 Å². The third-order valence-electron chi connectivity index (χ3n) is 4.81. The highest BCUT2D eigenvalue weighted by Gasteiger charge is 2.21. The number of aromatic amines is 1. The molecule has 140 valence electrons. The maximum absolute atomic E-state index is 4.92. The fourth-order valence-electron chi connectivity index (χ4n) is 3.49. The molecule has 0 amide bonds. The van der Waals surface area contributed by atoms with E-state index in [0.717, 1.165) is 73.2 Å². The van der Waals surface area contributed by atoms with Crippen molar-refractivity contribution >= 4 is 5.82 Å². The molecule has 0 atom stereocenters. The van der Waals surface area contributed by atoms with Crippen molar-refractivity contribution in [2.75, 3.05) is 18.5 Å². The number of hydrogen-bond donors (Lipinski definition) is 2. The van der Waals surface area contributed by atoms with Crippen molar-refractivity contribution in [3.8, 4) is 11.4 Å². The van der Waals surface area contributed by atoms with Gasteiger partial charge in [-0.05, 0) is 37.6 Å². The number of nitrogens with one attached hydrogen (secondary N) is 2. The third-order valence-corrected chi connectivity index (χ3v) is 4.81. The van der Waals surface area contributed by atoms with Crippen LogP contribution in [0.2, 0.25) is 0 Å². The Labute approximate surface area is 159 Å². The van der Waals surface area contributed by atoms with Crippen LogP contribution in [0.4, 0.5) is 5.82 Å². The molecule has 0 aromatic carbocycles. The van der Waals surface area contributed by atoms with Gasteiger partial charge >= 0.3 is 0 Å². The Balaban J connectivity index is 1.67. The first-order valence-electron chi connectivity index (χ1n) is 9.49. The van der Waals surface area contributed by atoms with Gasteiger partial charge in [-0.15, -0.1) is 0 Å². The van der Waals surface area contributed by atoms with E-state index in [9.17, 15) is 0 Å². The summed E-state index contributed by atoms with van der Waals surface area (Å²) >= 11 is 0. The van der Waals surface area contributed by atoms with Crippen LogP contribution in [-0.2, 0) is 25.9 Å². The summed E-state index contributed by atoms with van der Waals surface area (Å²) in [6, 6.07) is 6.06. The van der Waals surface area contributed by atoms with Gasteiger partial charge < -0.3 is 10.2 Å². The lowest BCUT2D eigenvalue weighted by atomic mass is 10.1. The summed E-state index contributed by atoms with van der Waals surface area (Å²) in [7, 11) is 2.08. The molecular weight excluding hydrogens is 338 g/mol. The van der Waals surface area contributed by atoms with Gasteiger partial charge in [0.1, 0.15) is 5.82 Å². The summed E-state index contributed by atoms with van der Waals surface area (Å²) in [6.07, 6.45) is 6.60. The summed E-state index contributed by atoms with van der Waals surface area (Å²) < 4.78 is 0. The van der Waals surface area contributed by atoms with E-state index in [4.69, 9.17) is 9.97 Å². The number of rotatable bonds is 6. The van der Waals surface area contributed by atoms with E-state index in [1.807, 2.05) is 12.1 Å². The van der Waals surface area contributed by atoms with Gasteiger partial charge in [-0.3, -0.25) is 10.1 Å². The lowest BCUT2D eigenvalue weighted by molar-refractivity contribution is 0.621. The number of pyridine rings is 1. The Morgan fingerprint density at radius 3 is 2.85 bits per heavy atom. The van der Waals surface area contributed by atoms with Gasteiger partial charge in [0.15, 0.2) is 5.82 Å². The highest BCUT2D eigenvalue weighted by Crippen LogP contribution is 2.27. The summed E-state index contributed by atoms with van der Waals surface area (Å²) in [6.45, 7) is 4.64. The van der Waals surface area contributed by atoms with Crippen molar-refractivity contribution in [2.45, 2.75) is 39.3 Å². The number of H-pyrrole nitrogens is 1. The lowest BCUT2D eigenvalue weighted by Crippen LogP contribution is -2.29. The van der Waals surface area contributed by atoms with Crippen LogP contribution >= 0.6 is 0 Å². The average molecular weight is 363 g/mol. The molecule has 0 spiro atoms. The van der Waals surface area contributed by atoms with Gasteiger partial charge in [0.2, 0.25) is 0 Å². The third kappa shape index (κ3) is 3.83. The SMILES string of the molecule is CCCc1cc(CN(C)c2nc(-c3ccncc3)nc3c2CCNC3)[nH]n1. The van der Waals surface area contributed by atoms with Crippen molar-refractivity contribution in [3.05, 3.63) is 53.2 Å². The Morgan fingerprint density at radius 1 is 1.19 bits per heavy atom. The molecule has 0 radical (unpaired) electrons. The second-order valence-electron chi connectivity index (χ2n) is 6.95. The highest BCUT2D eigenvalue weighted by atomic mass is 15.2. The van der Waals surface area contributed by atoms with E-state index < -0.39 is 0 Å². The Hall–Kier alpha value is -2.80. The van der Waals surface area contributed by atoms with Gasteiger partial charge in [0, 0.05) is 37.1 Å². The zero-order valence-electron chi connectivity index (χ0n) is 15.9. The van der Waals surface area contributed by atoms with Gasteiger partial charge in [-0.25, -0.2) is 9.97 Å². The summed E-state index contributed by atoms with van der Waals surface area (Å²) in [5.41, 5.74) is 5.53. The molecule has 0 bridgehead atoms. The van der Waals surface area contributed by atoms with Crippen molar-refractivity contribution in [3.63, 3.8) is 0 Å². The largest absolute Gasteiger partial charge is 0.353 e. The van der Waals surface area contributed by atoms with Crippen LogP contribution in [-0.4, -0.2) is 38.7 Å². The smallest absolute Gasteiger partial charge is 0.161 e. The highest BCUT2D eigenvalue weighted by molar-refractivity contribution is 5.60. The van der Waals surface area contributed by atoms with Crippen molar-refractivity contribution in [1.29, 1.82) is 0 Å². The quantitative estimate of drug-likeness (QED) is 0.700. The normalized spacial score (nSPS) is 13.4. The van der Waals surface area contributed by atoms with Crippen molar-refractivity contribution in [1.82, 2.24) is 30.5 Å². The van der Waals surface area contributed by atoms with E-state index in [2.05, 4.69) is 45.4 Å². The average Bonchev–Trinajstić information content (AvgIpc) is 3.15. The number of fused-ring (bicyclic) bond motifs is 1. The molecule has 0 aliphatic carbocycles. The number of aryl methyl sites for hydroxylation is 1. The summed E-state index contributed by atoms with van der Waals surface area (Å²) in [5.74, 6) is 1.75. The molecule has 3 aromatic rings. The number of aromatic nitrogens is 5. The molecule has 7 heteroatoms. The molecule has 7 nitrogen and oxygen atoms in total. The van der Waals surface area contributed by atoms with Crippen LogP contribution in [0.5, 0.6) is 0 Å². The fraction of sp³-hybridized carbons (Fsp3) is 0.400. The lowest BCUT2D eigenvalue weighted by Gasteiger charge is -2.25. The second-order valence-corrected chi connectivity index (χ2v) is 6.95. The molecule has 0 saturated carbocycles. The molecule has 2 N–H and O–H groups in total. The predicted molar refractivity (Wildman–Crippen MR) is 105 cm³/mol. The monoisotopic (exact) mass is 363 g/mol. The first-order chi connectivity index (χ1) is 13.2. The number of hydrogen-bond acceptors (Lipinski definition) is 6. The van der Waals surface area contributed by atoms with E-state index in [0.29, 0.717) is 0 Å². The Morgan fingerprint density at radius 2 is 2.04 bits per heavy atom. The summed E-state index contributed by atoms with van der Waals surface area (Å²) in [4.78, 5) is 16.0. The second kappa shape index (κ2) is 7.84. The first kappa shape index (κ1) is 17.6. The summed E-state index contributed by atoms with van der Waals surface area (Å²) in [5, 5.41) is 11.0. The van der Waals surface area contributed by atoms with E-state index in [1.165, 1.54) is 5.56 Å². The van der Waals surface area contributed by atoms with E-state index in [1.54, 1.807) is 12.4 Å².